The number of anilines is 1. The van der Waals surface area contributed by atoms with Gasteiger partial charge >= 0.3 is 5.97 Å². The number of ether oxygens (including phenoxy) is 6. The van der Waals surface area contributed by atoms with Crippen LogP contribution < -0.4 is 5.32 Å². The summed E-state index contributed by atoms with van der Waals surface area (Å²) >= 11 is 6.19. The molecule has 1 aromatic heterocycles. The lowest BCUT2D eigenvalue weighted by Gasteiger charge is -2.49. The van der Waals surface area contributed by atoms with Gasteiger partial charge in [0.1, 0.15) is 30.5 Å². The Bertz CT molecular complexity index is 1960. The van der Waals surface area contributed by atoms with Crippen molar-refractivity contribution in [1.29, 1.82) is 0 Å². The Morgan fingerprint density at radius 3 is 2.33 bits per heavy atom. The molecule has 18 heteroatoms. The third-order valence-corrected chi connectivity index (χ3v) is 14.7. The third kappa shape index (κ3) is 12.8. The molecule has 3 saturated heterocycles. The van der Waals surface area contributed by atoms with E-state index >= 15 is 0 Å². The van der Waals surface area contributed by atoms with E-state index in [-0.39, 0.29) is 38.0 Å². The highest BCUT2D eigenvalue weighted by atomic mass is 35.5. The van der Waals surface area contributed by atoms with E-state index in [4.69, 9.17) is 44.9 Å². The molecule has 2 aromatic rings. The van der Waals surface area contributed by atoms with Crippen molar-refractivity contribution in [3.63, 3.8) is 0 Å². The van der Waals surface area contributed by atoms with Crippen molar-refractivity contribution >= 4 is 39.9 Å². The van der Waals surface area contributed by atoms with Gasteiger partial charge in [-0.05, 0) is 99.2 Å². The SMILES string of the molecule is CC[C@@H]1OC(=O)[C@H](C)[C@H](OC2CC(C)(OC)C(O)C(C)O2)[C@@H](C)[C@@H](OC2OC(C)CC(N(C)C)C2O)[C@](C)(O)C[C@@H](C)C(=NOCCCNc2ccnc3cc(Cl)ccc23)[C@@H](C)[C@H](O)[C@]1(C)O. The molecule has 0 radical (unpaired) electrons. The predicted octanol–water partition coefficient (Wildman–Crippen LogP) is 5.29. The highest BCUT2D eigenvalue weighted by Crippen LogP contribution is 2.41. The molecule has 6 N–H and O–H groups in total. The number of hydrogen-bond donors (Lipinski definition) is 6. The Labute approximate surface area is 401 Å². The van der Waals surface area contributed by atoms with E-state index in [1.54, 1.807) is 60.7 Å². The number of oxime groups is 1. The first kappa shape index (κ1) is 55.2. The van der Waals surface area contributed by atoms with Crippen LogP contribution in [-0.4, -0.2) is 166 Å². The Balaban J connectivity index is 1.52. The maximum absolute atomic E-state index is 14.5. The lowest BCUT2D eigenvalue weighted by molar-refractivity contribution is -0.317. The van der Waals surface area contributed by atoms with E-state index in [1.165, 1.54) is 14.0 Å². The first-order chi connectivity index (χ1) is 31.4. The van der Waals surface area contributed by atoms with E-state index in [2.05, 4.69) is 15.5 Å². The van der Waals surface area contributed by atoms with Gasteiger partial charge in [0, 0.05) is 72.6 Å². The summed E-state index contributed by atoms with van der Waals surface area (Å²) < 4.78 is 38.0. The largest absolute Gasteiger partial charge is 0.459 e. The predicted molar refractivity (Wildman–Crippen MR) is 254 cm³/mol. The number of rotatable bonds is 13. The number of pyridine rings is 1. The average molecular weight is 968 g/mol. The van der Waals surface area contributed by atoms with Gasteiger partial charge in [0.05, 0.1) is 58.9 Å². The van der Waals surface area contributed by atoms with E-state index in [9.17, 15) is 30.3 Å². The number of hydrogen-bond acceptors (Lipinski definition) is 17. The summed E-state index contributed by atoms with van der Waals surface area (Å²) in [7, 11) is 5.23. The summed E-state index contributed by atoms with van der Waals surface area (Å²) in [5, 5.41) is 69.5. The standard InChI is InChI=1S/C49H79ClN4O13/c1-14-37-49(10,60)42(56)28(4)39(53-62-21-15-19-51-34-18-20-52-35-23-32(50)16-17-33(34)35)26(2)24-47(8,59)44(67-46-40(55)36(54(11)12)22-27(3)63-46)29(5)41(30(6)45(58)65-37)66-38-25-48(9,61-13)43(57)31(7)64-38/h16-18,20,23,26-31,36-38,40-44,46,55-57,59-60H,14-15,19,21-22,24-25H2,1-13H3,(H,51,52)/t26-,27?,28-,29-,30-,31?,36?,37+,38?,40?,41-,42+,43?,44-,46?,47-,48?,49-/m1/s1. The Hall–Kier alpha value is -2.78. The van der Waals surface area contributed by atoms with Crippen molar-refractivity contribution in [2.45, 2.75) is 186 Å². The van der Waals surface area contributed by atoms with Gasteiger partial charge < -0.3 is 69.0 Å². The number of esters is 1. The van der Waals surface area contributed by atoms with Crippen LogP contribution in [0.3, 0.4) is 0 Å². The summed E-state index contributed by atoms with van der Waals surface area (Å²) in [5.74, 6) is -4.13. The number of cyclic esters (lactones) is 1. The van der Waals surface area contributed by atoms with Gasteiger partial charge in [-0.1, -0.05) is 44.5 Å². The molecule has 0 amide bonds. The Morgan fingerprint density at radius 2 is 1.67 bits per heavy atom. The smallest absolute Gasteiger partial charge is 0.311 e. The molecule has 67 heavy (non-hydrogen) atoms. The second-order valence-electron chi connectivity index (χ2n) is 20.2. The minimum atomic E-state index is -1.97. The number of benzene rings is 1. The van der Waals surface area contributed by atoms with Gasteiger partial charge in [0.15, 0.2) is 12.6 Å². The van der Waals surface area contributed by atoms with Crippen LogP contribution in [0.4, 0.5) is 5.69 Å². The van der Waals surface area contributed by atoms with E-state index in [0.29, 0.717) is 30.1 Å². The second-order valence-corrected chi connectivity index (χ2v) is 20.7. The lowest BCUT2D eigenvalue weighted by Crippen LogP contribution is -2.61. The summed E-state index contributed by atoms with van der Waals surface area (Å²) in [6.45, 7) is 17.8. The van der Waals surface area contributed by atoms with Crippen LogP contribution in [-0.2, 0) is 38.1 Å². The zero-order valence-corrected chi connectivity index (χ0v) is 42.5. The van der Waals surface area contributed by atoms with Crippen LogP contribution in [0.25, 0.3) is 10.9 Å². The van der Waals surface area contributed by atoms with Crippen molar-refractivity contribution in [1.82, 2.24) is 9.88 Å². The van der Waals surface area contributed by atoms with Crippen LogP contribution in [0, 0.1) is 23.7 Å². The molecule has 380 valence electrons. The number of likely N-dealkylation sites (N-methyl/N-ethyl adjacent to an activating group) is 1. The molecule has 3 aliphatic rings. The molecular formula is C49H79ClN4O13. The van der Waals surface area contributed by atoms with Crippen LogP contribution in [0.15, 0.2) is 35.6 Å². The van der Waals surface area contributed by atoms with Crippen LogP contribution in [0.2, 0.25) is 5.02 Å². The number of methoxy groups -OCH3 is 1. The van der Waals surface area contributed by atoms with Crippen LogP contribution in [0.1, 0.15) is 101 Å². The van der Waals surface area contributed by atoms with Gasteiger partial charge in [0.25, 0.3) is 0 Å². The van der Waals surface area contributed by atoms with Crippen molar-refractivity contribution in [3.8, 4) is 0 Å². The molecule has 4 heterocycles. The van der Waals surface area contributed by atoms with E-state index in [1.807, 2.05) is 51.0 Å². The molecule has 1 aromatic carbocycles. The second kappa shape index (κ2) is 23.0. The van der Waals surface area contributed by atoms with Gasteiger partial charge in [-0.15, -0.1) is 0 Å². The zero-order chi connectivity index (χ0) is 49.8. The number of aliphatic hydroxyl groups excluding tert-OH is 3. The number of carbonyl (C=O) groups is 1. The third-order valence-electron chi connectivity index (χ3n) is 14.5. The first-order valence-corrected chi connectivity index (χ1v) is 24.2. The summed E-state index contributed by atoms with van der Waals surface area (Å²) in [6.07, 6.45) is -7.30. The number of aliphatic hydroxyl groups is 5. The fourth-order valence-electron chi connectivity index (χ4n) is 10.3. The maximum atomic E-state index is 14.5. The lowest BCUT2D eigenvalue weighted by atomic mass is 9.73. The number of aromatic nitrogens is 1. The summed E-state index contributed by atoms with van der Waals surface area (Å²) in [6, 6.07) is 7.08. The van der Waals surface area contributed by atoms with E-state index < -0.39 is 102 Å². The maximum Gasteiger partial charge on any atom is 0.311 e. The summed E-state index contributed by atoms with van der Waals surface area (Å²) in [4.78, 5) is 26.8. The van der Waals surface area contributed by atoms with Crippen LogP contribution in [0.5, 0.6) is 0 Å². The zero-order valence-electron chi connectivity index (χ0n) is 41.7. The highest BCUT2D eigenvalue weighted by Gasteiger charge is 2.53. The normalized spacial score (nSPS) is 41.2. The molecule has 8 unspecified atom stereocenters. The topological polar surface area (TPSA) is 223 Å². The molecule has 0 saturated carbocycles. The van der Waals surface area contributed by atoms with Crippen molar-refractivity contribution in [2.75, 3.05) is 39.7 Å². The molecule has 18 atom stereocenters. The molecule has 0 bridgehead atoms. The minimum absolute atomic E-state index is 0.0206. The number of nitrogens with one attached hydrogen (secondary N) is 1. The van der Waals surface area contributed by atoms with Gasteiger partial charge in [0.2, 0.25) is 0 Å². The van der Waals surface area contributed by atoms with Crippen LogP contribution >= 0.6 is 11.6 Å². The highest BCUT2D eigenvalue weighted by molar-refractivity contribution is 6.31. The fourth-order valence-corrected chi connectivity index (χ4v) is 10.5. The number of nitrogens with zero attached hydrogens (tertiary/aromatic N) is 3. The van der Waals surface area contributed by atoms with Crippen molar-refractivity contribution in [3.05, 3.63) is 35.5 Å². The molecule has 0 spiro atoms. The van der Waals surface area contributed by atoms with Crippen molar-refractivity contribution in [2.24, 2.45) is 28.8 Å². The van der Waals surface area contributed by atoms with Gasteiger partial charge in [-0.3, -0.25) is 9.78 Å². The molecule has 3 fully saturated rings. The Morgan fingerprint density at radius 1 is 0.970 bits per heavy atom. The number of carbonyl (C=O) groups excluding carboxylic acids is 1. The monoisotopic (exact) mass is 967 g/mol. The van der Waals surface area contributed by atoms with E-state index in [0.717, 1.165) is 16.6 Å². The molecular weight excluding hydrogens is 888 g/mol. The quantitative estimate of drug-likeness (QED) is 0.0852. The van der Waals surface area contributed by atoms with Crippen molar-refractivity contribution < 1.29 is 63.6 Å². The molecule has 5 rings (SSSR count). The first-order valence-electron chi connectivity index (χ1n) is 23.9. The number of fused-ring (bicyclic) bond motifs is 1. The Kier molecular flexibility index (Phi) is 18.9. The average Bonchev–Trinajstić information content (AvgIpc) is 3.26. The molecule has 0 aliphatic carbocycles. The number of halogens is 1. The molecule has 3 aliphatic heterocycles. The van der Waals surface area contributed by atoms with Gasteiger partial charge in [-0.25, -0.2) is 0 Å². The minimum Gasteiger partial charge on any atom is -0.459 e. The van der Waals surface area contributed by atoms with Gasteiger partial charge in [-0.2, -0.15) is 0 Å². The fraction of sp³-hybridized carbons (Fsp3) is 0.776. The summed E-state index contributed by atoms with van der Waals surface area (Å²) in [5.41, 5.74) is -2.81. The molecule has 17 nitrogen and oxygen atoms in total.